The summed E-state index contributed by atoms with van der Waals surface area (Å²) in [5.41, 5.74) is 0.249. The number of hydrogen-bond donors (Lipinski definition) is 2. The molecule has 1 heterocycles. The molecular weight excluding hydrogens is 311 g/mol. The summed E-state index contributed by atoms with van der Waals surface area (Å²) in [6, 6.07) is 4.63. The van der Waals surface area contributed by atoms with Crippen LogP contribution in [0.15, 0.2) is 22.7 Å². The maximum atomic E-state index is 13.6. The fourth-order valence-corrected chi connectivity index (χ4v) is 2.64. The van der Waals surface area contributed by atoms with Crippen molar-refractivity contribution in [3.63, 3.8) is 0 Å². The summed E-state index contributed by atoms with van der Waals surface area (Å²) in [5, 5.41) is 5.93. The standard InChI is InChI=1S/C14H18BrFN2O/c15-11-2-3-13(12(16)9-11)18-14(19)4-1-10-5-7-17-8-6-10/h2-3,9-10,17H,1,4-8H2,(H,18,19). The first kappa shape index (κ1) is 14.5. The number of benzene rings is 1. The van der Waals surface area contributed by atoms with Gasteiger partial charge in [0.05, 0.1) is 5.69 Å². The van der Waals surface area contributed by atoms with Crippen LogP contribution in [0.2, 0.25) is 0 Å². The molecule has 5 heteroatoms. The van der Waals surface area contributed by atoms with Crippen LogP contribution in [0.3, 0.4) is 0 Å². The maximum absolute atomic E-state index is 13.6. The van der Waals surface area contributed by atoms with Gasteiger partial charge in [0.15, 0.2) is 0 Å². The van der Waals surface area contributed by atoms with Gasteiger partial charge in [-0.15, -0.1) is 0 Å². The maximum Gasteiger partial charge on any atom is 0.224 e. The summed E-state index contributed by atoms with van der Waals surface area (Å²) >= 11 is 3.19. The van der Waals surface area contributed by atoms with Gasteiger partial charge < -0.3 is 10.6 Å². The van der Waals surface area contributed by atoms with Gasteiger partial charge in [0, 0.05) is 10.9 Å². The van der Waals surface area contributed by atoms with Gasteiger partial charge in [-0.25, -0.2) is 4.39 Å². The lowest BCUT2D eigenvalue weighted by Gasteiger charge is -2.22. The van der Waals surface area contributed by atoms with Crippen molar-refractivity contribution in [1.29, 1.82) is 0 Å². The number of anilines is 1. The van der Waals surface area contributed by atoms with E-state index in [-0.39, 0.29) is 11.6 Å². The molecule has 1 saturated heterocycles. The van der Waals surface area contributed by atoms with Crippen molar-refractivity contribution in [2.45, 2.75) is 25.7 Å². The molecule has 0 aromatic heterocycles. The minimum absolute atomic E-state index is 0.111. The quantitative estimate of drug-likeness (QED) is 0.890. The Balaban J connectivity index is 1.80. The largest absolute Gasteiger partial charge is 0.324 e. The number of halogens is 2. The Morgan fingerprint density at radius 2 is 2.16 bits per heavy atom. The van der Waals surface area contributed by atoms with Crippen molar-refractivity contribution in [3.05, 3.63) is 28.5 Å². The molecule has 0 atom stereocenters. The fourth-order valence-electron chi connectivity index (χ4n) is 2.31. The van der Waals surface area contributed by atoms with Crippen LogP contribution in [-0.4, -0.2) is 19.0 Å². The molecule has 1 aromatic carbocycles. The van der Waals surface area contributed by atoms with Gasteiger partial charge in [-0.05, 0) is 56.5 Å². The topological polar surface area (TPSA) is 41.1 Å². The summed E-state index contributed by atoms with van der Waals surface area (Å²) in [5.74, 6) is 0.0890. The van der Waals surface area contributed by atoms with Crippen LogP contribution < -0.4 is 10.6 Å². The predicted octanol–water partition coefficient (Wildman–Crippen LogP) is 3.31. The van der Waals surface area contributed by atoms with E-state index in [0.29, 0.717) is 16.8 Å². The van der Waals surface area contributed by atoms with Crippen molar-refractivity contribution in [3.8, 4) is 0 Å². The lowest BCUT2D eigenvalue weighted by molar-refractivity contribution is -0.116. The average molecular weight is 329 g/mol. The van der Waals surface area contributed by atoms with Gasteiger partial charge >= 0.3 is 0 Å². The molecule has 0 spiro atoms. The number of carbonyl (C=O) groups is 1. The second-order valence-electron chi connectivity index (χ2n) is 4.90. The first-order chi connectivity index (χ1) is 9.15. The zero-order valence-corrected chi connectivity index (χ0v) is 12.3. The van der Waals surface area contributed by atoms with Crippen LogP contribution in [0.5, 0.6) is 0 Å². The van der Waals surface area contributed by atoms with Crippen molar-refractivity contribution >= 4 is 27.5 Å². The third-order valence-electron chi connectivity index (χ3n) is 3.44. The van der Waals surface area contributed by atoms with E-state index in [2.05, 4.69) is 26.6 Å². The van der Waals surface area contributed by atoms with Gasteiger partial charge in [0.2, 0.25) is 5.91 Å². The van der Waals surface area contributed by atoms with E-state index in [1.807, 2.05) is 0 Å². The summed E-state index contributed by atoms with van der Waals surface area (Å²) < 4.78 is 14.2. The molecule has 1 aliphatic rings. The number of nitrogens with one attached hydrogen (secondary N) is 2. The molecule has 1 amide bonds. The highest BCUT2D eigenvalue weighted by molar-refractivity contribution is 9.10. The first-order valence-corrected chi connectivity index (χ1v) is 7.40. The highest BCUT2D eigenvalue weighted by Gasteiger charge is 2.15. The molecule has 2 rings (SSSR count). The molecule has 1 aliphatic heterocycles. The molecule has 19 heavy (non-hydrogen) atoms. The Labute approximate surface area is 121 Å². The highest BCUT2D eigenvalue weighted by atomic mass is 79.9. The van der Waals surface area contributed by atoms with Crippen LogP contribution >= 0.6 is 15.9 Å². The Hall–Kier alpha value is -0.940. The molecule has 0 radical (unpaired) electrons. The zero-order valence-electron chi connectivity index (χ0n) is 10.7. The van der Waals surface area contributed by atoms with Gasteiger partial charge in [-0.1, -0.05) is 15.9 Å². The molecule has 104 valence electrons. The Kier molecular flexibility index (Phi) is 5.34. The van der Waals surface area contributed by atoms with Crippen molar-refractivity contribution < 1.29 is 9.18 Å². The Morgan fingerprint density at radius 3 is 2.84 bits per heavy atom. The first-order valence-electron chi connectivity index (χ1n) is 6.61. The molecule has 3 nitrogen and oxygen atoms in total. The summed E-state index contributed by atoms with van der Waals surface area (Å²) in [6.45, 7) is 2.07. The summed E-state index contributed by atoms with van der Waals surface area (Å²) in [7, 11) is 0. The van der Waals surface area contributed by atoms with Crippen LogP contribution in [0, 0.1) is 11.7 Å². The molecule has 2 N–H and O–H groups in total. The summed E-state index contributed by atoms with van der Waals surface area (Å²) in [6.07, 6.45) is 3.59. The molecule has 0 aliphatic carbocycles. The highest BCUT2D eigenvalue weighted by Crippen LogP contribution is 2.21. The van der Waals surface area contributed by atoms with E-state index in [0.717, 1.165) is 32.4 Å². The van der Waals surface area contributed by atoms with E-state index >= 15 is 0 Å². The summed E-state index contributed by atoms with van der Waals surface area (Å²) in [4.78, 5) is 11.8. The third-order valence-corrected chi connectivity index (χ3v) is 3.94. The molecular formula is C14H18BrFN2O. The molecule has 0 saturated carbocycles. The zero-order chi connectivity index (χ0) is 13.7. The number of amides is 1. The van der Waals surface area contributed by atoms with E-state index < -0.39 is 5.82 Å². The third kappa shape index (κ3) is 4.58. The SMILES string of the molecule is O=C(CCC1CCNCC1)Nc1ccc(Br)cc1F. The van der Waals surface area contributed by atoms with Crippen LogP contribution in [-0.2, 0) is 4.79 Å². The van der Waals surface area contributed by atoms with E-state index in [1.165, 1.54) is 6.07 Å². The van der Waals surface area contributed by atoms with E-state index in [9.17, 15) is 9.18 Å². The normalized spacial score (nSPS) is 16.3. The lowest BCUT2D eigenvalue weighted by atomic mass is 9.93. The van der Waals surface area contributed by atoms with Crippen molar-refractivity contribution in [1.82, 2.24) is 5.32 Å². The van der Waals surface area contributed by atoms with Gasteiger partial charge in [0.1, 0.15) is 5.82 Å². The second-order valence-corrected chi connectivity index (χ2v) is 5.82. The second kappa shape index (κ2) is 7.01. The molecule has 0 bridgehead atoms. The molecule has 0 unspecified atom stereocenters. The lowest BCUT2D eigenvalue weighted by Crippen LogP contribution is -2.28. The monoisotopic (exact) mass is 328 g/mol. The molecule has 1 aromatic rings. The van der Waals surface area contributed by atoms with Crippen molar-refractivity contribution in [2.75, 3.05) is 18.4 Å². The van der Waals surface area contributed by atoms with E-state index in [4.69, 9.17) is 0 Å². The van der Waals surface area contributed by atoms with E-state index in [1.54, 1.807) is 12.1 Å². The number of piperidine rings is 1. The fraction of sp³-hybridized carbons (Fsp3) is 0.500. The van der Waals surface area contributed by atoms with Crippen molar-refractivity contribution in [2.24, 2.45) is 5.92 Å². The van der Waals surface area contributed by atoms with Crippen LogP contribution in [0.1, 0.15) is 25.7 Å². The average Bonchev–Trinajstić information content (AvgIpc) is 2.41. The minimum atomic E-state index is -0.412. The number of hydrogen-bond acceptors (Lipinski definition) is 2. The van der Waals surface area contributed by atoms with Crippen LogP contribution in [0.4, 0.5) is 10.1 Å². The van der Waals surface area contributed by atoms with Gasteiger partial charge in [0.25, 0.3) is 0 Å². The minimum Gasteiger partial charge on any atom is -0.324 e. The smallest absolute Gasteiger partial charge is 0.224 e. The van der Waals surface area contributed by atoms with Gasteiger partial charge in [-0.3, -0.25) is 4.79 Å². The van der Waals surface area contributed by atoms with Gasteiger partial charge in [-0.2, -0.15) is 0 Å². The number of rotatable bonds is 4. The van der Waals surface area contributed by atoms with Crippen LogP contribution in [0.25, 0.3) is 0 Å². The Morgan fingerprint density at radius 1 is 1.42 bits per heavy atom. The number of carbonyl (C=O) groups excluding carboxylic acids is 1. The Bertz CT molecular complexity index is 447. The molecule has 1 fully saturated rings. The predicted molar refractivity (Wildman–Crippen MR) is 77.6 cm³/mol.